The maximum Gasteiger partial charge on any atom is 0.414 e. The van der Waals surface area contributed by atoms with Gasteiger partial charge in [0.1, 0.15) is 36.5 Å². The molecule has 3 fully saturated rings. The number of benzene rings is 2. The van der Waals surface area contributed by atoms with Crippen LogP contribution in [0.4, 0.5) is 21.0 Å². The third-order valence-corrected chi connectivity index (χ3v) is 10.5. The van der Waals surface area contributed by atoms with Gasteiger partial charge < -0.3 is 14.2 Å². The smallest absolute Gasteiger partial charge is 0.414 e. The maximum absolute atomic E-state index is 12.4. The van der Waals surface area contributed by atoms with E-state index in [-0.39, 0.29) is 49.0 Å². The van der Waals surface area contributed by atoms with E-state index >= 15 is 0 Å². The summed E-state index contributed by atoms with van der Waals surface area (Å²) >= 11 is 0. The number of hydrogen-bond acceptors (Lipinski definition) is 17. The summed E-state index contributed by atoms with van der Waals surface area (Å²) in [4.78, 5) is 43.6. The molecule has 3 heterocycles. The summed E-state index contributed by atoms with van der Waals surface area (Å²) in [5.41, 5.74) is 1.79. The fraction of sp³-hybridized carbons (Fsp3) is 0.514. The summed E-state index contributed by atoms with van der Waals surface area (Å²) in [6.45, 7) is 9.34. The van der Waals surface area contributed by atoms with Crippen molar-refractivity contribution in [3.63, 3.8) is 0 Å². The fourth-order valence-corrected chi connectivity index (χ4v) is 7.43. The number of nitrogens with one attached hydrogen (secondary N) is 4. The maximum atomic E-state index is 12.4. The monoisotopic (exact) mass is 886 g/mol. The molecule has 0 spiro atoms. The van der Waals surface area contributed by atoms with Gasteiger partial charge in [-0.1, -0.05) is 0 Å². The predicted molar refractivity (Wildman–Crippen MR) is 217 cm³/mol. The minimum absolute atomic E-state index is 0.104. The summed E-state index contributed by atoms with van der Waals surface area (Å²) in [6.07, 6.45) is 0.583. The van der Waals surface area contributed by atoms with Gasteiger partial charge in [-0.15, -0.1) is 0 Å². The van der Waals surface area contributed by atoms with Gasteiger partial charge in [0.15, 0.2) is 0 Å². The van der Waals surface area contributed by atoms with Crippen LogP contribution in [-0.4, -0.2) is 160 Å². The molecule has 2 aromatic rings. The van der Waals surface area contributed by atoms with E-state index < -0.39 is 48.5 Å². The first-order valence-corrected chi connectivity index (χ1v) is 23.8. The summed E-state index contributed by atoms with van der Waals surface area (Å²) in [5, 5.41) is 15.5. The lowest BCUT2D eigenvalue weighted by atomic mass is 10.1. The fourth-order valence-electron chi connectivity index (χ4n) is 6.05. The molecule has 4 N–H and O–H groups in total. The molecule has 3 aliphatic rings. The average molecular weight is 887 g/mol. The highest BCUT2D eigenvalue weighted by atomic mass is 32.2. The molecule has 3 unspecified atom stereocenters. The molecule has 0 aromatic heterocycles. The van der Waals surface area contributed by atoms with Crippen LogP contribution in [0, 0.1) is 10.8 Å². The number of nitrogens with zero attached hydrogens (tertiary/aromatic N) is 4. The Morgan fingerprint density at radius 3 is 1.56 bits per heavy atom. The van der Waals surface area contributed by atoms with Gasteiger partial charge in [0, 0.05) is 55.2 Å². The van der Waals surface area contributed by atoms with Crippen molar-refractivity contribution in [1.29, 1.82) is 10.8 Å². The van der Waals surface area contributed by atoms with Crippen LogP contribution in [0.1, 0.15) is 31.9 Å². The molecule has 21 nitrogen and oxygen atoms in total. The van der Waals surface area contributed by atoms with Crippen molar-refractivity contribution < 1.29 is 58.0 Å². The highest BCUT2D eigenvalue weighted by Crippen LogP contribution is 2.24. The Kier molecular flexibility index (Phi) is 15.4. The van der Waals surface area contributed by atoms with Crippen LogP contribution >= 0.6 is 0 Å². The highest BCUT2D eigenvalue weighted by molar-refractivity contribution is 7.89. The number of carbonyl (C=O) groups is 3. The van der Waals surface area contributed by atoms with Crippen LogP contribution in [0.3, 0.4) is 0 Å². The van der Waals surface area contributed by atoms with E-state index in [1.165, 1.54) is 34.1 Å². The average Bonchev–Trinajstić information content (AvgIpc) is 3.70. The minimum Gasteiger partial charge on any atom is -0.462 e. The Labute approximate surface area is 344 Å². The van der Waals surface area contributed by atoms with Crippen LogP contribution in [0.25, 0.3) is 0 Å². The molecule has 3 atom stereocenters. The molecule has 0 bridgehead atoms. The first kappa shape index (κ1) is 46.8. The van der Waals surface area contributed by atoms with Gasteiger partial charge in [0.2, 0.25) is 20.0 Å². The summed E-state index contributed by atoms with van der Waals surface area (Å²) in [7, 11) is -10.7. The van der Waals surface area contributed by atoms with Crippen molar-refractivity contribution in [2.45, 2.75) is 45.1 Å². The van der Waals surface area contributed by atoms with E-state index in [9.17, 15) is 39.6 Å². The Hall–Kier alpha value is -4.88. The number of ether oxygens (including phenoxy) is 3. The van der Waals surface area contributed by atoms with Crippen LogP contribution in [0.2, 0.25) is 0 Å². The molecule has 24 heteroatoms. The molecule has 0 saturated carbocycles. The van der Waals surface area contributed by atoms with Crippen LogP contribution in [-0.2, 0) is 53.4 Å². The number of anilines is 2. The Morgan fingerprint density at radius 2 is 1.15 bits per heavy atom. The second-order valence-electron chi connectivity index (χ2n) is 14.3. The predicted octanol–water partition coefficient (Wildman–Crippen LogP) is 0.707. The van der Waals surface area contributed by atoms with Gasteiger partial charge >= 0.3 is 18.2 Å². The van der Waals surface area contributed by atoms with E-state index in [2.05, 4.69) is 18.7 Å². The van der Waals surface area contributed by atoms with E-state index in [1.807, 2.05) is 25.5 Å². The molecule has 0 aliphatic carbocycles. The van der Waals surface area contributed by atoms with Crippen molar-refractivity contribution in [1.82, 2.24) is 19.2 Å². The zero-order valence-corrected chi connectivity index (χ0v) is 35.9. The second-order valence-corrected chi connectivity index (χ2v) is 19.5. The van der Waals surface area contributed by atoms with Crippen molar-refractivity contribution >= 4 is 71.4 Å². The van der Waals surface area contributed by atoms with Crippen molar-refractivity contribution in [2.24, 2.45) is 0 Å². The van der Waals surface area contributed by atoms with Gasteiger partial charge in [-0.3, -0.25) is 48.8 Å². The quantitative estimate of drug-likeness (QED) is 0.0669. The number of amidine groups is 2. The van der Waals surface area contributed by atoms with Crippen molar-refractivity contribution in [3.8, 4) is 0 Å². The Bertz CT molecular complexity index is 2200. The van der Waals surface area contributed by atoms with Gasteiger partial charge in [-0.25, -0.2) is 26.4 Å². The lowest BCUT2D eigenvalue weighted by molar-refractivity contribution is -0.154. The van der Waals surface area contributed by atoms with Gasteiger partial charge in [-0.05, 0) is 69.3 Å². The lowest BCUT2D eigenvalue weighted by Gasteiger charge is -2.37. The van der Waals surface area contributed by atoms with E-state index in [1.54, 1.807) is 24.3 Å². The van der Waals surface area contributed by atoms with Crippen LogP contribution in [0.15, 0.2) is 48.5 Å². The normalized spacial score (nSPS) is 19.6. The SMILES string of the molecule is CC(C)OC(=O)C(C)N1CCN(CC2CN(c3ccc(C(=N)NS(C)(=O)=O)cc3)C(=O)O2)CC1.CS(=O)(=O)NC(=N)c1ccc(N2CC(COS(C)(=O)=O)OC2=O)cc1. The van der Waals surface area contributed by atoms with Gasteiger partial charge in [0.05, 0.1) is 38.0 Å². The number of esters is 1. The van der Waals surface area contributed by atoms with Crippen molar-refractivity contribution in [3.05, 3.63) is 59.7 Å². The van der Waals surface area contributed by atoms with Crippen LogP contribution in [0.5, 0.6) is 0 Å². The zero-order valence-electron chi connectivity index (χ0n) is 33.4. The third-order valence-electron chi connectivity index (χ3n) is 8.84. The van der Waals surface area contributed by atoms with Gasteiger partial charge in [0.25, 0.3) is 10.1 Å². The minimum atomic E-state index is -3.63. The summed E-state index contributed by atoms with van der Waals surface area (Å²) in [6, 6.07) is 12.2. The molecular weight excluding hydrogens is 837 g/mol. The second kappa shape index (κ2) is 19.5. The summed E-state index contributed by atoms with van der Waals surface area (Å²) in [5.74, 6) is -0.739. The number of carbonyl (C=O) groups excluding carboxylic acids is 3. The number of piperazine rings is 1. The molecule has 0 radical (unpaired) electrons. The molecule has 59 heavy (non-hydrogen) atoms. The summed E-state index contributed by atoms with van der Waals surface area (Å²) < 4.78 is 91.5. The van der Waals surface area contributed by atoms with E-state index in [0.717, 1.165) is 44.9 Å². The number of amides is 2. The molecule has 5 rings (SSSR count). The Morgan fingerprint density at radius 1 is 0.729 bits per heavy atom. The van der Waals surface area contributed by atoms with E-state index in [4.69, 9.17) is 25.0 Å². The van der Waals surface area contributed by atoms with Crippen LogP contribution < -0.4 is 19.2 Å². The number of rotatable bonds is 14. The first-order valence-electron chi connectivity index (χ1n) is 18.2. The van der Waals surface area contributed by atoms with Crippen molar-refractivity contribution in [2.75, 3.05) is 81.0 Å². The first-order chi connectivity index (χ1) is 27.4. The molecule has 3 aliphatic heterocycles. The van der Waals surface area contributed by atoms with E-state index in [0.29, 0.717) is 35.6 Å². The lowest BCUT2D eigenvalue weighted by Crippen LogP contribution is -2.53. The third kappa shape index (κ3) is 14.7. The number of sulfonamides is 2. The Balaban J connectivity index is 0.000000273. The molecule has 2 aromatic carbocycles. The van der Waals surface area contributed by atoms with Gasteiger partial charge in [-0.2, -0.15) is 8.42 Å². The zero-order chi connectivity index (χ0) is 43.9. The topological polar surface area (TPSA) is 275 Å². The largest absolute Gasteiger partial charge is 0.462 e. The molecule has 326 valence electrons. The molecule has 2 amide bonds. The molecular formula is C35H50N8O13S3. The number of hydrogen-bond donors (Lipinski definition) is 4. The molecule has 3 saturated heterocycles. The standard InChI is InChI=1S/C22H33N5O6S.C13H17N3O7S2/c1-15(2)32-21(28)16(3)26-11-9-25(10-12-26)13-19-14-27(22(29)33-19)18-7-5-17(6-8-18)20(23)24-34(4,30)31;1-24(18,19)15-12(14)9-3-5-10(6-4-9)16-7-11(23-13(16)17)8-22-25(2,20)21/h5-8,15-16,19H,9-14H2,1-4H3,(H2,23,24);3-6,11H,7-8H2,1-2H3,(H2,14,15). The number of cyclic esters (lactones) is 2. The highest BCUT2D eigenvalue weighted by Gasteiger charge is 2.36.